The molecule has 0 aliphatic carbocycles. The molecular weight excluding hydrogens is 587 g/mol. The third-order valence-electron chi connectivity index (χ3n) is 7.62. The molecule has 6 heteroatoms. The molecular formula is C32H27IN2O3. The first-order valence-electron chi connectivity index (χ1n) is 12.7. The average molecular weight is 614 g/mol. The Kier molecular flexibility index (Phi) is 6.86. The van der Waals surface area contributed by atoms with Crippen LogP contribution in [0.3, 0.4) is 0 Å². The van der Waals surface area contributed by atoms with Crippen molar-refractivity contribution in [3.8, 4) is 0 Å². The molecule has 2 aliphatic heterocycles. The summed E-state index contributed by atoms with van der Waals surface area (Å²) in [5.74, 6) is -1.21. The van der Waals surface area contributed by atoms with E-state index in [1.54, 1.807) is 0 Å². The number of halogens is 1. The largest absolute Gasteiger partial charge is 0.375 e. The van der Waals surface area contributed by atoms with Gasteiger partial charge in [-0.1, -0.05) is 91.0 Å². The quantitative estimate of drug-likeness (QED) is 0.201. The Balaban J connectivity index is 1.47. The van der Waals surface area contributed by atoms with Gasteiger partial charge in [0.2, 0.25) is 5.91 Å². The van der Waals surface area contributed by atoms with Crippen LogP contribution >= 0.6 is 22.6 Å². The highest BCUT2D eigenvalue weighted by atomic mass is 127. The summed E-state index contributed by atoms with van der Waals surface area (Å²) in [6, 6.07) is 35.0. The Labute approximate surface area is 235 Å². The zero-order chi connectivity index (χ0) is 26.1. The van der Waals surface area contributed by atoms with Crippen LogP contribution in [0.4, 0.5) is 5.69 Å². The maximum absolute atomic E-state index is 14.4. The summed E-state index contributed by atoms with van der Waals surface area (Å²) < 4.78 is 7.24. The molecule has 2 N–H and O–H groups in total. The van der Waals surface area contributed by atoms with Crippen LogP contribution in [0, 0.1) is 9.49 Å². The number of Topliss-reactive ketones (excluding diaryl/α,β-unsaturated/α-hetero) is 1. The summed E-state index contributed by atoms with van der Waals surface area (Å²) in [6.45, 7) is 0.798. The van der Waals surface area contributed by atoms with Crippen molar-refractivity contribution in [2.75, 3.05) is 11.9 Å². The van der Waals surface area contributed by atoms with Crippen LogP contribution in [0.1, 0.15) is 33.0 Å². The van der Waals surface area contributed by atoms with Gasteiger partial charge in [-0.2, -0.15) is 0 Å². The van der Waals surface area contributed by atoms with Gasteiger partial charge in [0.25, 0.3) is 0 Å². The highest BCUT2D eigenvalue weighted by Gasteiger charge is 2.64. The molecule has 1 spiro atoms. The zero-order valence-electron chi connectivity index (χ0n) is 20.6. The van der Waals surface area contributed by atoms with Gasteiger partial charge < -0.3 is 10.1 Å². The number of rotatable bonds is 7. The smallest absolute Gasteiger partial charge is 0.250 e. The highest BCUT2D eigenvalue weighted by Crippen LogP contribution is 2.53. The van der Waals surface area contributed by atoms with Crippen molar-refractivity contribution in [3.63, 3.8) is 0 Å². The lowest BCUT2D eigenvalue weighted by atomic mass is 9.69. The van der Waals surface area contributed by atoms with E-state index in [0.717, 1.165) is 25.9 Å². The zero-order valence-corrected chi connectivity index (χ0v) is 22.8. The van der Waals surface area contributed by atoms with E-state index in [-0.39, 0.29) is 23.7 Å². The third kappa shape index (κ3) is 4.36. The van der Waals surface area contributed by atoms with Crippen molar-refractivity contribution in [2.24, 2.45) is 5.92 Å². The topological polar surface area (TPSA) is 67.4 Å². The SMILES string of the molecule is O=C(c1ccccc1)C1C(c2ccccc2)C(COCc2ccccc2)NC12C(=O)Nc1ccc(I)cc12. The van der Waals surface area contributed by atoms with E-state index in [1.165, 1.54) is 0 Å². The van der Waals surface area contributed by atoms with Gasteiger partial charge in [0, 0.05) is 32.3 Å². The van der Waals surface area contributed by atoms with Crippen LogP contribution in [-0.2, 0) is 21.7 Å². The lowest BCUT2D eigenvalue weighted by Gasteiger charge is -2.31. The molecule has 4 aromatic rings. The first kappa shape index (κ1) is 25.0. The molecule has 0 aromatic heterocycles. The first-order valence-corrected chi connectivity index (χ1v) is 13.8. The maximum Gasteiger partial charge on any atom is 0.250 e. The molecule has 1 saturated heterocycles. The number of benzene rings is 4. The Morgan fingerprint density at radius 2 is 1.53 bits per heavy atom. The standard InChI is InChI=1S/C32H27IN2O3/c33-24-16-17-26-25(18-24)32(31(37)34-26)29(30(36)23-14-8-3-9-15-23)28(22-12-6-2-7-13-22)27(35-32)20-38-19-21-10-4-1-5-11-21/h1-18,27-29,35H,19-20H2,(H,34,37). The van der Waals surface area contributed by atoms with E-state index in [2.05, 4.69) is 33.2 Å². The molecule has 4 atom stereocenters. The molecule has 6 rings (SSSR count). The second-order valence-electron chi connectivity index (χ2n) is 9.85. The summed E-state index contributed by atoms with van der Waals surface area (Å²) in [5, 5.41) is 6.74. The van der Waals surface area contributed by atoms with Crippen molar-refractivity contribution in [2.45, 2.75) is 24.1 Å². The molecule has 2 heterocycles. The van der Waals surface area contributed by atoms with Gasteiger partial charge in [0.1, 0.15) is 5.54 Å². The number of carbonyl (C=O) groups excluding carboxylic acids is 2. The predicted molar refractivity (Wildman–Crippen MR) is 156 cm³/mol. The molecule has 5 nitrogen and oxygen atoms in total. The lowest BCUT2D eigenvalue weighted by molar-refractivity contribution is -0.122. The fourth-order valence-electron chi connectivity index (χ4n) is 5.99. The number of anilines is 1. The fraction of sp³-hybridized carbons (Fsp3) is 0.188. The molecule has 0 bridgehead atoms. The van der Waals surface area contributed by atoms with Crippen LogP contribution < -0.4 is 10.6 Å². The molecule has 2 aliphatic rings. The van der Waals surface area contributed by atoms with Gasteiger partial charge in [-0.15, -0.1) is 0 Å². The first-order chi connectivity index (χ1) is 18.6. The number of hydrogen-bond acceptors (Lipinski definition) is 4. The van der Waals surface area contributed by atoms with E-state index in [0.29, 0.717) is 18.8 Å². The van der Waals surface area contributed by atoms with E-state index >= 15 is 0 Å². The Bertz CT molecular complexity index is 1460. The van der Waals surface area contributed by atoms with Gasteiger partial charge in [0.05, 0.1) is 19.1 Å². The van der Waals surface area contributed by atoms with Crippen LogP contribution in [0.25, 0.3) is 0 Å². The van der Waals surface area contributed by atoms with Gasteiger partial charge in [0.15, 0.2) is 5.78 Å². The normalized spacial score (nSPS) is 23.8. The minimum absolute atomic E-state index is 0.0561. The van der Waals surface area contributed by atoms with Gasteiger partial charge >= 0.3 is 0 Å². The van der Waals surface area contributed by atoms with E-state index in [4.69, 9.17) is 4.74 Å². The van der Waals surface area contributed by atoms with E-state index in [9.17, 15) is 9.59 Å². The Hall–Kier alpha value is -3.33. The minimum atomic E-state index is -1.22. The number of amides is 1. The van der Waals surface area contributed by atoms with Gasteiger partial charge in [-0.05, 0) is 51.9 Å². The summed E-state index contributed by atoms with van der Waals surface area (Å²) in [5.41, 5.74) is 3.02. The summed E-state index contributed by atoms with van der Waals surface area (Å²) in [6.07, 6.45) is 0. The molecule has 0 radical (unpaired) electrons. The van der Waals surface area contributed by atoms with E-state index < -0.39 is 11.5 Å². The summed E-state index contributed by atoms with van der Waals surface area (Å²) in [4.78, 5) is 28.4. The number of ketones is 1. The molecule has 4 unspecified atom stereocenters. The van der Waals surface area contributed by atoms with Crippen molar-refractivity contribution in [1.82, 2.24) is 5.32 Å². The van der Waals surface area contributed by atoms with Gasteiger partial charge in [-0.25, -0.2) is 0 Å². The highest BCUT2D eigenvalue weighted by molar-refractivity contribution is 14.1. The van der Waals surface area contributed by atoms with Crippen LogP contribution in [0.15, 0.2) is 109 Å². The van der Waals surface area contributed by atoms with Crippen LogP contribution in [0.5, 0.6) is 0 Å². The molecule has 1 amide bonds. The number of ether oxygens (including phenoxy) is 1. The molecule has 190 valence electrons. The number of fused-ring (bicyclic) bond motifs is 2. The van der Waals surface area contributed by atoms with Crippen molar-refractivity contribution in [1.29, 1.82) is 0 Å². The van der Waals surface area contributed by atoms with Crippen LogP contribution in [-0.4, -0.2) is 24.3 Å². The second kappa shape index (κ2) is 10.4. The second-order valence-corrected chi connectivity index (χ2v) is 11.1. The number of hydrogen-bond donors (Lipinski definition) is 2. The lowest BCUT2D eigenvalue weighted by Crippen LogP contribution is -2.52. The predicted octanol–water partition coefficient (Wildman–Crippen LogP) is 5.91. The third-order valence-corrected chi connectivity index (χ3v) is 8.29. The van der Waals surface area contributed by atoms with Crippen molar-refractivity contribution < 1.29 is 14.3 Å². The average Bonchev–Trinajstić information content (AvgIpc) is 3.44. The molecule has 1 fully saturated rings. The monoisotopic (exact) mass is 614 g/mol. The molecule has 0 saturated carbocycles. The van der Waals surface area contributed by atoms with Crippen molar-refractivity contribution in [3.05, 3.63) is 135 Å². The summed E-state index contributed by atoms with van der Waals surface area (Å²) >= 11 is 2.26. The minimum Gasteiger partial charge on any atom is -0.375 e. The Morgan fingerprint density at radius 3 is 2.24 bits per heavy atom. The maximum atomic E-state index is 14.4. The molecule has 38 heavy (non-hydrogen) atoms. The van der Waals surface area contributed by atoms with Crippen molar-refractivity contribution >= 4 is 40.0 Å². The van der Waals surface area contributed by atoms with E-state index in [1.807, 2.05) is 109 Å². The molecule has 4 aromatic carbocycles. The number of nitrogens with one attached hydrogen (secondary N) is 2. The summed E-state index contributed by atoms with van der Waals surface area (Å²) in [7, 11) is 0. The number of carbonyl (C=O) groups is 2. The van der Waals surface area contributed by atoms with Crippen LogP contribution in [0.2, 0.25) is 0 Å². The fourth-order valence-corrected chi connectivity index (χ4v) is 6.48. The van der Waals surface area contributed by atoms with Gasteiger partial charge in [-0.3, -0.25) is 14.9 Å². The Morgan fingerprint density at radius 1 is 0.868 bits per heavy atom.